The lowest BCUT2D eigenvalue weighted by Crippen LogP contribution is -2.33. The normalized spacial score (nSPS) is 16.9. The lowest BCUT2D eigenvalue weighted by Gasteiger charge is -2.14. The van der Waals surface area contributed by atoms with Gasteiger partial charge in [0.2, 0.25) is 11.8 Å². The Hall–Kier alpha value is -3.59. The third-order valence-corrected chi connectivity index (χ3v) is 5.59. The summed E-state index contributed by atoms with van der Waals surface area (Å²) in [5, 5.41) is 11.5. The van der Waals surface area contributed by atoms with Crippen LogP contribution in [0.15, 0.2) is 66.2 Å². The van der Waals surface area contributed by atoms with Gasteiger partial charge in [0.25, 0.3) is 0 Å². The SMILES string of the molecule is C=CCN1C(=O)[C@@H](CC(=O)Nc2ccc(C(=O)O)cc2)SC1=Nc1ccccc1OC. The number of amides is 2. The molecule has 1 heterocycles. The molecule has 1 atom stereocenters. The van der Waals surface area contributed by atoms with Crippen molar-refractivity contribution in [2.75, 3.05) is 19.0 Å². The highest BCUT2D eigenvalue weighted by atomic mass is 32.2. The zero-order valence-corrected chi connectivity index (χ0v) is 17.6. The molecule has 0 bridgehead atoms. The van der Waals surface area contributed by atoms with Crippen molar-refractivity contribution in [1.29, 1.82) is 0 Å². The van der Waals surface area contributed by atoms with Gasteiger partial charge in [0.05, 0.1) is 12.7 Å². The number of rotatable bonds is 8. The highest BCUT2D eigenvalue weighted by Gasteiger charge is 2.38. The van der Waals surface area contributed by atoms with Gasteiger partial charge >= 0.3 is 5.97 Å². The average molecular weight is 439 g/mol. The Bertz CT molecular complexity index is 1040. The number of aliphatic imine (C=N–C) groups is 1. The summed E-state index contributed by atoms with van der Waals surface area (Å²) in [4.78, 5) is 42.3. The molecule has 0 unspecified atom stereocenters. The molecule has 3 rings (SSSR count). The van der Waals surface area contributed by atoms with Gasteiger partial charge in [-0.1, -0.05) is 30.0 Å². The summed E-state index contributed by atoms with van der Waals surface area (Å²) >= 11 is 1.21. The van der Waals surface area contributed by atoms with E-state index in [0.717, 1.165) is 0 Å². The van der Waals surface area contributed by atoms with E-state index in [1.165, 1.54) is 40.9 Å². The van der Waals surface area contributed by atoms with Gasteiger partial charge in [-0.2, -0.15) is 0 Å². The number of thioether (sulfide) groups is 1. The molecule has 1 aliphatic rings. The standard InChI is InChI=1S/C22H21N3O5S/c1-3-12-25-20(27)18(31-22(25)24-16-6-4-5-7-17(16)30-2)13-19(26)23-15-10-8-14(9-11-15)21(28)29/h3-11,18H,1,12-13H2,2H3,(H,23,26)(H,28,29)/t18-/m1/s1. The molecule has 2 aromatic carbocycles. The number of hydrogen-bond acceptors (Lipinski definition) is 6. The van der Waals surface area contributed by atoms with Crippen LogP contribution in [0.1, 0.15) is 16.8 Å². The number of benzene rings is 2. The predicted molar refractivity (Wildman–Crippen MR) is 120 cm³/mol. The first-order valence-corrected chi connectivity index (χ1v) is 10.2. The maximum absolute atomic E-state index is 12.9. The van der Waals surface area contributed by atoms with Gasteiger partial charge in [-0.05, 0) is 36.4 Å². The molecule has 2 N–H and O–H groups in total. The number of amidine groups is 1. The number of hydrogen-bond donors (Lipinski definition) is 2. The summed E-state index contributed by atoms with van der Waals surface area (Å²) < 4.78 is 5.32. The molecule has 1 saturated heterocycles. The van der Waals surface area contributed by atoms with E-state index in [-0.39, 0.29) is 30.3 Å². The fourth-order valence-electron chi connectivity index (χ4n) is 2.92. The van der Waals surface area contributed by atoms with Crippen LogP contribution in [0.25, 0.3) is 0 Å². The van der Waals surface area contributed by atoms with Crippen LogP contribution in [0, 0.1) is 0 Å². The van der Waals surface area contributed by atoms with Gasteiger partial charge in [-0.25, -0.2) is 9.79 Å². The molecular weight excluding hydrogens is 418 g/mol. The zero-order chi connectivity index (χ0) is 22.4. The number of carbonyl (C=O) groups excluding carboxylic acids is 2. The van der Waals surface area contributed by atoms with Gasteiger partial charge < -0.3 is 15.2 Å². The van der Waals surface area contributed by atoms with E-state index in [1.807, 2.05) is 12.1 Å². The van der Waals surface area contributed by atoms with Crippen molar-refractivity contribution >= 4 is 46.1 Å². The van der Waals surface area contributed by atoms with E-state index in [0.29, 0.717) is 22.3 Å². The molecule has 2 aromatic rings. The van der Waals surface area contributed by atoms with Crippen LogP contribution >= 0.6 is 11.8 Å². The zero-order valence-electron chi connectivity index (χ0n) is 16.8. The highest BCUT2D eigenvalue weighted by molar-refractivity contribution is 8.15. The summed E-state index contributed by atoms with van der Waals surface area (Å²) in [6.07, 6.45) is 1.55. The van der Waals surface area contributed by atoms with Crippen LogP contribution in [0.3, 0.4) is 0 Å². The number of ether oxygens (including phenoxy) is 1. The van der Waals surface area contributed by atoms with E-state index in [1.54, 1.807) is 25.3 Å². The molecule has 31 heavy (non-hydrogen) atoms. The molecule has 0 radical (unpaired) electrons. The number of carbonyl (C=O) groups is 3. The first-order valence-electron chi connectivity index (χ1n) is 9.36. The Balaban J connectivity index is 1.73. The van der Waals surface area contributed by atoms with Crippen LogP contribution in [0.5, 0.6) is 5.75 Å². The van der Waals surface area contributed by atoms with Gasteiger partial charge in [0.15, 0.2) is 5.17 Å². The van der Waals surface area contributed by atoms with Gasteiger partial charge in [0, 0.05) is 18.7 Å². The molecule has 0 spiro atoms. The minimum Gasteiger partial charge on any atom is -0.494 e. The third kappa shape index (κ3) is 5.32. The van der Waals surface area contributed by atoms with Crippen molar-refractivity contribution < 1.29 is 24.2 Å². The minimum absolute atomic E-state index is 0.0528. The van der Waals surface area contributed by atoms with Crippen molar-refractivity contribution in [1.82, 2.24) is 4.90 Å². The topological polar surface area (TPSA) is 108 Å². The summed E-state index contributed by atoms with van der Waals surface area (Å²) in [5.74, 6) is -1.05. The Labute approximate surface area is 183 Å². The smallest absolute Gasteiger partial charge is 0.335 e. The summed E-state index contributed by atoms with van der Waals surface area (Å²) in [6, 6.07) is 13.0. The van der Waals surface area contributed by atoms with E-state index in [2.05, 4.69) is 16.9 Å². The number of nitrogens with zero attached hydrogens (tertiary/aromatic N) is 2. The lowest BCUT2D eigenvalue weighted by atomic mass is 10.2. The lowest BCUT2D eigenvalue weighted by molar-refractivity contribution is -0.127. The summed E-state index contributed by atoms with van der Waals surface area (Å²) in [7, 11) is 1.55. The van der Waals surface area contributed by atoms with E-state index >= 15 is 0 Å². The Morgan fingerprint density at radius 2 is 1.97 bits per heavy atom. The second-order valence-corrected chi connectivity index (χ2v) is 7.71. The Morgan fingerprint density at radius 1 is 1.26 bits per heavy atom. The van der Waals surface area contributed by atoms with Gasteiger partial charge in [0.1, 0.15) is 16.7 Å². The highest BCUT2D eigenvalue weighted by Crippen LogP contribution is 2.34. The molecule has 160 valence electrons. The van der Waals surface area contributed by atoms with Crippen LogP contribution in [0.4, 0.5) is 11.4 Å². The third-order valence-electron chi connectivity index (χ3n) is 4.42. The molecule has 1 aliphatic heterocycles. The number of para-hydroxylation sites is 2. The number of carboxylic acids is 1. The second-order valence-electron chi connectivity index (χ2n) is 6.55. The molecule has 2 amide bonds. The molecule has 8 nitrogen and oxygen atoms in total. The number of aromatic carboxylic acids is 1. The van der Waals surface area contributed by atoms with E-state index in [9.17, 15) is 14.4 Å². The molecule has 0 aromatic heterocycles. The minimum atomic E-state index is -1.05. The number of nitrogens with one attached hydrogen (secondary N) is 1. The number of carboxylic acid groups (broad SMARTS) is 1. The van der Waals surface area contributed by atoms with E-state index < -0.39 is 11.2 Å². The summed E-state index contributed by atoms with van der Waals surface area (Å²) in [6.45, 7) is 3.96. The van der Waals surface area contributed by atoms with Crippen molar-refractivity contribution in [3.05, 3.63) is 66.7 Å². The molecule has 1 fully saturated rings. The maximum Gasteiger partial charge on any atom is 0.335 e. The van der Waals surface area contributed by atoms with Crippen molar-refractivity contribution in [2.45, 2.75) is 11.7 Å². The average Bonchev–Trinajstić information content (AvgIpc) is 3.03. The monoisotopic (exact) mass is 439 g/mol. The van der Waals surface area contributed by atoms with Gasteiger partial charge in [-0.15, -0.1) is 6.58 Å². The van der Waals surface area contributed by atoms with Crippen LogP contribution in [0.2, 0.25) is 0 Å². The fraction of sp³-hybridized carbons (Fsp3) is 0.182. The molecule has 0 saturated carbocycles. The van der Waals surface area contributed by atoms with Crippen LogP contribution < -0.4 is 10.1 Å². The van der Waals surface area contributed by atoms with Crippen molar-refractivity contribution in [2.24, 2.45) is 4.99 Å². The number of anilines is 1. The fourth-order valence-corrected chi connectivity index (χ4v) is 4.08. The molecule has 0 aliphatic carbocycles. The largest absolute Gasteiger partial charge is 0.494 e. The Morgan fingerprint density at radius 3 is 2.61 bits per heavy atom. The quantitative estimate of drug-likeness (QED) is 0.609. The second kappa shape index (κ2) is 9.94. The first-order chi connectivity index (χ1) is 14.9. The van der Waals surface area contributed by atoms with Crippen molar-refractivity contribution in [3.8, 4) is 5.75 Å². The maximum atomic E-state index is 12.9. The Kier molecular flexibility index (Phi) is 7.09. The van der Waals surface area contributed by atoms with Crippen LogP contribution in [-0.4, -0.2) is 51.9 Å². The predicted octanol–water partition coefficient (Wildman–Crippen LogP) is 3.54. The van der Waals surface area contributed by atoms with Gasteiger partial charge in [-0.3, -0.25) is 14.5 Å². The summed E-state index contributed by atoms with van der Waals surface area (Å²) in [5.41, 5.74) is 1.16. The van der Waals surface area contributed by atoms with E-state index in [4.69, 9.17) is 9.84 Å². The first kappa shape index (κ1) is 22.1. The number of methoxy groups -OCH3 is 1. The molecule has 9 heteroatoms. The van der Waals surface area contributed by atoms with Crippen LogP contribution in [-0.2, 0) is 9.59 Å². The molecular formula is C22H21N3O5S. The van der Waals surface area contributed by atoms with Crippen molar-refractivity contribution in [3.63, 3.8) is 0 Å².